The molecule has 0 bridgehead atoms. The minimum atomic E-state index is -0.216. The summed E-state index contributed by atoms with van der Waals surface area (Å²) in [7, 11) is 1.60. The number of thiophene rings is 1. The van der Waals surface area contributed by atoms with Crippen LogP contribution >= 0.6 is 11.3 Å². The van der Waals surface area contributed by atoms with Crippen LogP contribution in [-0.4, -0.2) is 41.8 Å². The summed E-state index contributed by atoms with van der Waals surface area (Å²) in [5.74, 6) is 0.917. The number of nitrogens with zero attached hydrogens (tertiary/aromatic N) is 2. The van der Waals surface area contributed by atoms with E-state index in [2.05, 4.69) is 11.8 Å². The molecule has 0 radical (unpaired) electrons. The summed E-state index contributed by atoms with van der Waals surface area (Å²) in [5.41, 5.74) is 1.93. The van der Waals surface area contributed by atoms with Crippen molar-refractivity contribution in [3.63, 3.8) is 0 Å². The highest BCUT2D eigenvalue weighted by atomic mass is 32.1. The van der Waals surface area contributed by atoms with Crippen LogP contribution in [0.15, 0.2) is 47.5 Å². The van der Waals surface area contributed by atoms with Gasteiger partial charge in [0.25, 0.3) is 11.8 Å². The molecule has 0 atom stereocenters. The number of imide groups is 1. The van der Waals surface area contributed by atoms with Crippen molar-refractivity contribution in [1.82, 2.24) is 9.80 Å². The topological polar surface area (TPSA) is 49.9 Å². The number of hydrogen-bond acceptors (Lipinski definition) is 5. The van der Waals surface area contributed by atoms with Gasteiger partial charge in [0.15, 0.2) is 0 Å². The first-order valence-electron chi connectivity index (χ1n) is 9.61. The molecule has 2 amide bonds. The van der Waals surface area contributed by atoms with Gasteiger partial charge in [0.2, 0.25) is 0 Å². The van der Waals surface area contributed by atoms with Gasteiger partial charge >= 0.3 is 0 Å². The number of methoxy groups -OCH3 is 1. The molecule has 0 unspecified atom stereocenters. The number of likely N-dealkylation sites (tertiary alicyclic amines) is 1. The van der Waals surface area contributed by atoms with E-state index in [1.807, 2.05) is 41.8 Å². The summed E-state index contributed by atoms with van der Waals surface area (Å²) >= 11 is 1.50. The summed E-state index contributed by atoms with van der Waals surface area (Å²) in [5, 5.41) is 1.94. The van der Waals surface area contributed by atoms with Crippen molar-refractivity contribution >= 4 is 28.7 Å². The lowest BCUT2D eigenvalue weighted by molar-refractivity contribution is -0.138. The maximum atomic E-state index is 13.4. The lowest BCUT2D eigenvalue weighted by atomic mass is 9.98. The van der Waals surface area contributed by atoms with Crippen LogP contribution in [-0.2, 0) is 16.1 Å². The van der Waals surface area contributed by atoms with Crippen molar-refractivity contribution < 1.29 is 14.3 Å². The molecule has 2 aromatic rings. The molecule has 1 fully saturated rings. The average molecular weight is 397 g/mol. The maximum Gasteiger partial charge on any atom is 0.278 e. The van der Waals surface area contributed by atoms with E-state index in [-0.39, 0.29) is 18.4 Å². The standard InChI is InChI=1S/C22H24N2O3S/c1-15-9-11-23(12-10-15)20-19(18-8-5-13-28-18)21(25)24(22(20)26)14-16-6-3-4-7-17(16)27-2/h3-8,13,15H,9-12,14H2,1-2H3. The molecule has 2 aliphatic rings. The number of hydrogen-bond donors (Lipinski definition) is 0. The van der Waals surface area contributed by atoms with Gasteiger partial charge in [-0.3, -0.25) is 14.5 Å². The van der Waals surface area contributed by atoms with Crippen LogP contribution in [0.5, 0.6) is 5.75 Å². The van der Waals surface area contributed by atoms with E-state index in [1.54, 1.807) is 7.11 Å². The van der Waals surface area contributed by atoms with E-state index in [1.165, 1.54) is 16.2 Å². The molecule has 5 nitrogen and oxygen atoms in total. The molecular formula is C22H24N2O3S. The summed E-state index contributed by atoms with van der Waals surface area (Å²) in [4.78, 5) is 31.0. The van der Waals surface area contributed by atoms with Gasteiger partial charge in [-0.15, -0.1) is 11.3 Å². The van der Waals surface area contributed by atoms with Crippen LogP contribution < -0.4 is 4.74 Å². The Morgan fingerprint density at radius 2 is 1.82 bits per heavy atom. The molecule has 1 aromatic heterocycles. The van der Waals surface area contributed by atoms with E-state index < -0.39 is 0 Å². The van der Waals surface area contributed by atoms with Crippen molar-refractivity contribution in [2.75, 3.05) is 20.2 Å². The molecule has 1 saturated heterocycles. The molecule has 3 heterocycles. The van der Waals surface area contributed by atoms with Gasteiger partial charge in [-0.25, -0.2) is 0 Å². The fraction of sp³-hybridized carbons (Fsp3) is 0.364. The number of amides is 2. The molecular weight excluding hydrogens is 372 g/mol. The first-order chi connectivity index (χ1) is 13.6. The zero-order valence-electron chi connectivity index (χ0n) is 16.2. The minimum Gasteiger partial charge on any atom is -0.496 e. The van der Waals surface area contributed by atoms with Crippen molar-refractivity contribution in [3.05, 3.63) is 57.9 Å². The van der Waals surface area contributed by atoms with Crippen LogP contribution in [0, 0.1) is 5.92 Å². The number of carbonyl (C=O) groups is 2. The molecule has 28 heavy (non-hydrogen) atoms. The quantitative estimate of drug-likeness (QED) is 0.722. The van der Waals surface area contributed by atoms with Gasteiger partial charge in [0.05, 0.1) is 19.2 Å². The average Bonchev–Trinajstić information content (AvgIpc) is 3.31. The summed E-state index contributed by atoms with van der Waals surface area (Å²) in [6.07, 6.45) is 2.07. The molecule has 0 N–H and O–H groups in total. The van der Waals surface area contributed by atoms with Crippen molar-refractivity contribution in [3.8, 4) is 5.75 Å². The van der Waals surface area contributed by atoms with Gasteiger partial charge in [-0.05, 0) is 36.3 Å². The second-order valence-electron chi connectivity index (χ2n) is 7.38. The van der Waals surface area contributed by atoms with Crippen LogP contribution in [0.4, 0.5) is 0 Å². The van der Waals surface area contributed by atoms with Gasteiger partial charge in [-0.2, -0.15) is 0 Å². The SMILES string of the molecule is COc1ccccc1CN1C(=O)C(c2cccs2)=C(N2CCC(C)CC2)C1=O. The summed E-state index contributed by atoms with van der Waals surface area (Å²) in [6.45, 7) is 4.07. The van der Waals surface area contributed by atoms with Crippen LogP contribution in [0.2, 0.25) is 0 Å². The third-order valence-electron chi connectivity index (χ3n) is 5.53. The Bertz CT molecular complexity index is 912. The summed E-state index contributed by atoms with van der Waals surface area (Å²) < 4.78 is 5.41. The molecule has 1 aromatic carbocycles. The smallest absolute Gasteiger partial charge is 0.278 e. The molecule has 2 aliphatic heterocycles. The van der Waals surface area contributed by atoms with E-state index in [0.717, 1.165) is 36.4 Å². The van der Waals surface area contributed by atoms with Gasteiger partial charge < -0.3 is 9.64 Å². The Kier molecular flexibility index (Phi) is 5.22. The van der Waals surface area contributed by atoms with Gasteiger partial charge in [0.1, 0.15) is 11.4 Å². The normalized spacial score (nSPS) is 18.4. The first kappa shape index (κ1) is 18.7. The minimum absolute atomic E-state index is 0.200. The second kappa shape index (κ2) is 7.80. The largest absolute Gasteiger partial charge is 0.496 e. The zero-order valence-corrected chi connectivity index (χ0v) is 17.0. The Labute approximate surface area is 169 Å². The number of piperidine rings is 1. The lowest BCUT2D eigenvalue weighted by Crippen LogP contribution is -2.38. The van der Waals surface area contributed by atoms with Crippen LogP contribution in [0.3, 0.4) is 0 Å². The number of ether oxygens (including phenoxy) is 1. The van der Waals surface area contributed by atoms with E-state index >= 15 is 0 Å². The number of carbonyl (C=O) groups excluding carboxylic acids is 2. The maximum absolute atomic E-state index is 13.4. The Morgan fingerprint density at radius 1 is 1.07 bits per heavy atom. The molecule has 0 aliphatic carbocycles. The first-order valence-corrected chi connectivity index (χ1v) is 10.5. The number of rotatable bonds is 5. The fourth-order valence-electron chi connectivity index (χ4n) is 3.88. The Balaban J connectivity index is 1.69. The number of benzene rings is 1. The predicted molar refractivity (Wildman–Crippen MR) is 110 cm³/mol. The van der Waals surface area contributed by atoms with E-state index in [0.29, 0.717) is 22.9 Å². The molecule has 0 spiro atoms. The van der Waals surface area contributed by atoms with Crippen molar-refractivity contribution in [1.29, 1.82) is 0 Å². The van der Waals surface area contributed by atoms with Gasteiger partial charge in [-0.1, -0.05) is 31.2 Å². The van der Waals surface area contributed by atoms with Crippen molar-refractivity contribution in [2.24, 2.45) is 5.92 Å². The van der Waals surface area contributed by atoms with Gasteiger partial charge in [0, 0.05) is 23.5 Å². The Hall–Kier alpha value is -2.60. The van der Waals surface area contributed by atoms with Crippen molar-refractivity contribution in [2.45, 2.75) is 26.3 Å². The predicted octanol–water partition coefficient (Wildman–Crippen LogP) is 3.77. The summed E-state index contributed by atoms with van der Waals surface area (Å²) in [6, 6.07) is 11.4. The number of para-hydroxylation sites is 1. The third-order valence-corrected chi connectivity index (χ3v) is 6.42. The van der Waals surface area contributed by atoms with E-state index in [4.69, 9.17) is 4.74 Å². The lowest BCUT2D eigenvalue weighted by Gasteiger charge is -2.32. The highest BCUT2D eigenvalue weighted by molar-refractivity contribution is 7.11. The van der Waals surface area contributed by atoms with Crippen LogP contribution in [0.1, 0.15) is 30.2 Å². The van der Waals surface area contributed by atoms with E-state index in [9.17, 15) is 9.59 Å². The third kappa shape index (κ3) is 3.33. The second-order valence-corrected chi connectivity index (χ2v) is 8.33. The highest BCUT2D eigenvalue weighted by Crippen LogP contribution is 2.36. The molecule has 0 saturated carbocycles. The molecule has 146 valence electrons. The fourth-order valence-corrected chi connectivity index (χ4v) is 4.64. The molecule has 6 heteroatoms. The highest BCUT2D eigenvalue weighted by Gasteiger charge is 2.42. The Morgan fingerprint density at radius 3 is 2.50 bits per heavy atom. The van der Waals surface area contributed by atoms with Crippen LogP contribution in [0.25, 0.3) is 5.57 Å². The monoisotopic (exact) mass is 396 g/mol. The molecule has 4 rings (SSSR count). The zero-order chi connectivity index (χ0) is 19.7.